The highest BCUT2D eigenvalue weighted by Gasteiger charge is 2.38. The minimum atomic E-state index is -0.560. The van der Waals surface area contributed by atoms with Crippen LogP contribution in [0.1, 0.15) is 45.1 Å². The maximum Gasteiger partial charge on any atom is 0.133 e. The topological polar surface area (TPSA) is 29.5 Å². The van der Waals surface area contributed by atoms with E-state index < -0.39 is 5.60 Å². The van der Waals surface area contributed by atoms with Gasteiger partial charge in [0.15, 0.2) is 0 Å². The van der Waals surface area contributed by atoms with Gasteiger partial charge in [-0.1, -0.05) is 26.3 Å². The van der Waals surface area contributed by atoms with E-state index in [0.717, 1.165) is 41.5 Å². The summed E-state index contributed by atoms with van der Waals surface area (Å²) in [7, 11) is 1.66. The highest BCUT2D eigenvalue weighted by molar-refractivity contribution is 9.10. The van der Waals surface area contributed by atoms with Gasteiger partial charge in [-0.05, 0) is 58.3 Å². The molecule has 19 heavy (non-hydrogen) atoms. The third-order valence-electron chi connectivity index (χ3n) is 4.05. The van der Waals surface area contributed by atoms with Gasteiger partial charge in [0.25, 0.3) is 0 Å². The Bertz CT molecular complexity index is 456. The molecule has 2 rings (SSSR count). The normalized spacial score (nSPS) is 26.2. The standard InChI is InChI=1S/C16H23BrO2/c1-15(2)7-4-8-16(18,11-15)10-12-5-6-14(19-3)13(17)9-12/h5-6,9,18H,4,7-8,10-11H2,1-3H3. The molecule has 0 radical (unpaired) electrons. The van der Waals surface area contributed by atoms with Crippen molar-refractivity contribution in [2.75, 3.05) is 7.11 Å². The average molecular weight is 327 g/mol. The number of methoxy groups -OCH3 is 1. The summed E-state index contributed by atoms with van der Waals surface area (Å²) in [6.07, 6.45) is 4.82. The highest BCUT2D eigenvalue weighted by Crippen LogP contribution is 2.42. The van der Waals surface area contributed by atoms with Crippen molar-refractivity contribution in [3.8, 4) is 5.75 Å². The Morgan fingerprint density at radius 1 is 1.32 bits per heavy atom. The summed E-state index contributed by atoms with van der Waals surface area (Å²) in [5.41, 5.74) is 0.847. The molecular formula is C16H23BrO2. The minimum absolute atomic E-state index is 0.247. The van der Waals surface area contributed by atoms with Crippen molar-refractivity contribution in [1.82, 2.24) is 0 Å². The molecule has 0 aromatic heterocycles. The van der Waals surface area contributed by atoms with Crippen molar-refractivity contribution < 1.29 is 9.84 Å². The Labute approximate surface area is 124 Å². The number of hydrogen-bond donors (Lipinski definition) is 1. The van der Waals surface area contributed by atoms with E-state index in [0.29, 0.717) is 0 Å². The van der Waals surface area contributed by atoms with Crippen molar-refractivity contribution in [2.45, 2.75) is 51.6 Å². The van der Waals surface area contributed by atoms with Gasteiger partial charge in [0.05, 0.1) is 17.2 Å². The van der Waals surface area contributed by atoms with Crippen LogP contribution in [-0.2, 0) is 6.42 Å². The van der Waals surface area contributed by atoms with Crippen LogP contribution in [-0.4, -0.2) is 17.8 Å². The van der Waals surface area contributed by atoms with Crippen LogP contribution in [0, 0.1) is 5.41 Å². The van der Waals surface area contributed by atoms with Gasteiger partial charge in [0.2, 0.25) is 0 Å². The van der Waals surface area contributed by atoms with Crippen LogP contribution < -0.4 is 4.74 Å². The quantitative estimate of drug-likeness (QED) is 0.895. The number of rotatable bonds is 3. The first kappa shape index (κ1) is 14.9. The van der Waals surface area contributed by atoms with Crippen LogP contribution in [0.3, 0.4) is 0 Å². The molecule has 1 atom stereocenters. The van der Waals surface area contributed by atoms with E-state index in [-0.39, 0.29) is 5.41 Å². The number of aliphatic hydroxyl groups is 1. The molecule has 0 heterocycles. The molecule has 1 aromatic rings. The first-order valence-corrected chi connectivity index (χ1v) is 7.68. The molecule has 1 saturated carbocycles. The van der Waals surface area contributed by atoms with Crippen molar-refractivity contribution in [3.05, 3.63) is 28.2 Å². The molecular weight excluding hydrogens is 304 g/mol. The fraction of sp³-hybridized carbons (Fsp3) is 0.625. The maximum absolute atomic E-state index is 10.8. The molecule has 106 valence electrons. The van der Waals surface area contributed by atoms with Crippen LogP contribution in [0.5, 0.6) is 5.75 Å². The summed E-state index contributed by atoms with van der Waals surface area (Å²) in [6.45, 7) is 4.50. The Hall–Kier alpha value is -0.540. The summed E-state index contributed by atoms with van der Waals surface area (Å²) in [5, 5.41) is 10.8. The first-order chi connectivity index (χ1) is 8.84. The van der Waals surface area contributed by atoms with E-state index in [1.165, 1.54) is 6.42 Å². The minimum Gasteiger partial charge on any atom is -0.496 e. The van der Waals surface area contributed by atoms with E-state index in [9.17, 15) is 5.11 Å². The molecule has 0 saturated heterocycles. The van der Waals surface area contributed by atoms with Gasteiger partial charge in [0.1, 0.15) is 5.75 Å². The molecule has 0 aliphatic heterocycles. The van der Waals surface area contributed by atoms with Crippen LogP contribution >= 0.6 is 15.9 Å². The second kappa shape index (κ2) is 5.45. The summed E-state index contributed by atoms with van der Waals surface area (Å²) >= 11 is 3.51. The number of ether oxygens (including phenoxy) is 1. The van der Waals surface area contributed by atoms with Gasteiger partial charge < -0.3 is 9.84 Å². The second-order valence-corrected chi connectivity index (χ2v) is 7.42. The Morgan fingerprint density at radius 3 is 2.63 bits per heavy atom. The van der Waals surface area contributed by atoms with Crippen LogP contribution in [0.25, 0.3) is 0 Å². The Balaban J connectivity index is 2.14. The lowest BCUT2D eigenvalue weighted by Crippen LogP contribution is -2.40. The van der Waals surface area contributed by atoms with Gasteiger partial charge in [-0.3, -0.25) is 0 Å². The number of halogens is 1. The Morgan fingerprint density at radius 2 is 2.05 bits per heavy atom. The number of hydrogen-bond acceptors (Lipinski definition) is 2. The van der Waals surface area contributed by atoms with Crippen molar-refractivity contribution >= 4 is 15.9 Å². The van der Waals surface area contributed by atoms with Gasteiger partial charge in [-0.15, -0.1) is 0 Å². The van der Waals surface area contributed by atoms with Crippen molar-refractivity contribution in [1.29, 1.82) is 0 Å². The highest BCUT2D eigenvalue weighted by atomic mass is 79.9. The molecule has 3 heteroatoms. The molecule has 0 spiro atoms. The zero-order valence-corrected chi connectivity index (χ0v) is 13.6. The zero-order valence-electron chi connectivity index (χ0n) is 12.0. The van der Waals surface area contributed by atoms with E-state index >= 15 is 0 Å². The monoisotopic (exact) mass is 326 g/mol. The molecule has 0 bridgehead atoms. The lowest BCUT2D eigenvalue weighted by Gasteiger charge is -2.41. The van der Waals surface area contributed by atoms with Crippen molar-refractivity contribution in [2.24, 2.45) is 5.41 Å². The first-order valence-electron chi connectivity index (χ1n) is 6.88. The van der Waals surface area contributed by atoms with Gasteiger partial charge in [-0.25, -0.2) is 0 Å². The van der Waals surface area contributed by atoms with Gasteiger partial charge >= 0.3 is 0 Å². The summed E-state index contributed by atoms with van der Waals surface area (Å²) in [6, 6.07) is 6.05. The van der Waals surface area contributed by atoms with E-state index in [1.54, 1.807) is 7.11 Å². The molecule has 0 amide bonds. The van der Waals surface area contributed by atoms with Crippen LogP contribution in [0.4, 0.5) is 0 Å². The predicted molar refractivity (Wildman–Crippen MR) is 81.6 cm³/mol. The lowest BCUT2D eigenvalue weighted by atomic mass is 9.68. The predicted octanol–water partition coefficient (Wildman–Crippen LogP) is 4.33. The fourth-order valence-electron chi connectivity index (χ4n) is 3.31. The SMILES string of the molecule is COc1ccc(CC2(O)CCCC(C)(C)C2)cc1Br. The van der Waals surface area contributed by atoms with Crippen LogP contribution in [0.2, 0.25) is 0 Å². The van der Waals surface area contributed by atoms with E-state index in [2.05, 4.69) is 35.8 Å². The third kappa shape index (κ3) is 3.73. The van der Waals surface area contributed by atoms with Crippen LogP contribution in [0.15, 0.2) is 22.7 Å². The van der Waals surface area contributed by atoms with Crippen molar-refractivity contribution in [3.63, 3.8) is 0 Å². The van der Waals surface area contributed by atoms with Gasteiger partial charge in [0, 0.05) is 6.42 Å². The molecule has 1 unspecified atom stereocenters. The molecule has 2 nitrogen and oxygen atoms in total. The summed E-state index contributed by atoms with van der Waals surface area (Å²) in [4.78, 5) is 0. The zero-order chi connectivity index (χ0) is 14.1. The molecule has 1 aromatic carbocycles. The third-order valence-corrected chi connectivity index (χ3v) is 4.67. The summed E-state index contributed by atoms with van der Waals surface area (Å²) < 4.78 is 6.19. The average Bonchev–Trinajstić information content (AvgIpc) is 2.26. The van der Waals surface area contributed by atoms with Gasteiger partial charge in [-0.2, -0.15) is 0 Å². The second-order valence-electron chi connectivity index (χ2n) is 6.56. The Kier molecular flexibility index (Phi) is 4.26. The smallest absolute Gasteiger partial charge is 0.133 e. The fourth-order valence-corrected chi connectivity index (χ4v) is 3.90. The number of benzene rings is 1. The summed E-state index contributed by atoms with van der Waals surface area (Å²) in [5.74, 6) is 0.833. The molecule has 1 fully saturated rings. The lowest BCUT2D eigenvalue weighted by molar-refractivity contribution is -0.0382. The van der Waals surface area contributed by atoms with E-state index in [4.69, 9.17) is 4.74 Å². The molecule has 1 aliphatic rings. The maximum atomic E-state index is 10.8. The largest absolute Gasteiger partial charge is 0.496 e. The molecule has 1 N–H and O–H groups in total. The molecule has 1 aliphatic carbocycles. The van der Waals surface area contributed by atoms with E-state index in [1.807, 2.05) is 12.1 Å².